The number of carbonyl (C=O) groups excluding carboxylic acids is 2. The monoisotopic (exact) mass is 592 g/mol. The van der Waals surface area contributed by atoms with Crippen molar-refractivity contribution in [3.05, 3.63) is 105 Å². The van der Waals surface area contributed by atoms with Gasteiger partial charge in [-0.15, -0.1) is 0 Å². The predicted molar refractivity (Wildman–Crippen MR) is 150 cm³/mol. The average Bonchev–Trinajstić information content (AvgIpc) is 3.71. The molecule has 1 heterocycles. The average molecular weight is 593 g/mol. The largest absolute Gasteiger partial charge is 0.481 e. The van der Waals surface area contributed by atoms with Crippen molar-refractivity contribution in [1.29, 1.82) is 5.26 Å². The number of amides is 1. The molecule has 41 heavy (non-hydrogen) atoms. The van der Waals surface area contributed by atoms with Crippen molar-refractivity contribution in [2.24, 2.45) is 5.41 Å². The van der Waals surface area contributed by atoms with E-state index in [2.05, 4.69) is 6.07 Å². The number of carbonyl (C=O) groups is 3. The zero-order valence-electron chi connectivity index (χ0n) is 21.9. The maximum absolute atomic E-state index is 13.7. The second-order valence-corrected chi connectivity index (χ2v) is 11.1. The lowest BCUT2D eigenvalue weighted by molar-refractivity contribution is -0.155. The summed E-state index contributed by atoms with van der Waals surface area (Å²) in [5.41, 5.74) is 2.53. The van der Waals surface area contributed by atoms with Gasteiger partial charge in [0.05, 0.1) is 37.2 Å². The number of benzene rings is 3. The van der Waals surface area contributed by atoms with Crippen molar-refractivity contribution in [2.45, 2.75) is 44.6 Å². The lowest BCUT2D eigenvalue weighted by atomic mass is 9.93. The van der Waals surface area contributed by atoms with E-state index >= 15 is 0 Å². The summed E-state index contributed by atoms with van der Waals surface area (Å²) < 4.78 is 12.4. The van der Waals surface area contributed by atoms with Gasteiger partial charge in [0.15, 0.2) is 6.23 Å². The van der Waals surface area contributed by atoms with Crippen molar-refractivity contribution in [1.82, 2.24) is 4.90 Å². The molecule has 2 unspecified atom stereocenters. The van der Waals surface area contributed by atoms with E-state index in [1.165, 1.54) is 0 Å². The number of hydrogen-bond acceptors (Lipinski definition) is 6. The minimum atomic E-state index is -1.07. The Morgan fingerprint density at radius 3 is 2.39 bits per heavy atom. The molecule has 2 atom stereocenters. The SMILES string of the molecule is N#Cc1ccc(CN2C(=O)c3cccc(Cl)c3C2OC(c2ccc(Cl)cc2)C2(COC(=O)CCC(=O)O)CC2)cc1. The topological polar surface area (TPSA) is 117 Å². The van der Waals surface area contributed by atoms with Gasteiger partial charge in [-0.05, 0) is 60.4 Å². The first-order valence-electron chi connectivity index (χ1n) is 13.1. The highest BCUT2D eigenvalue weighted by Crippen LogP contribution is 2.59. The summed E-state index contributed by atoms with van der Waals surface area (Å²) in [5.74, 6) is -1.91. The number of fused-ring (bicyclic) bond motifs is 1. The van der Waals surface area contributed by atoms with Crippen molar-refractivity contribution in [3.63, 3.8) is 0 Å². The van der Waals surface area contributed by atoms with Crippen molar-refractivity contribution in [3.8, 4) is 6.07 Å². The van der Waals surface area contributed by atoms with Crippen LogP contribution in [0, 0.1) is 16.7 Å². The molecule has 1 aliphatic heterocycles. The number of hydrogen-bond donors (Lipinski definition) is 1. The van der Waals surface area contributed by atoms with Gasteiger partial charge < -0.3 is 19.5 Å². The molecular weight excluding hydrogens is 567 g/mol. The maximum Gasteiger partial charge on any atom is 0.306 e. The van der Waals surface area contributed by atoms with Crippen molar-refractivity contribution < 1.29 is 29.0 Å². The number of rotatable bonds is 11. The van der Waals surface area contributed by atoms with E-state index in [9.17, 15) is 14.4 Å². The molecule has 1 aliphatic carbocycles. The first-order chi connectivity index (χ1) is 19.7. The van der Waals surface area contributed by atoms with Crippen LogP contribution in [-0.4, -0.2) is 34.5 Å². The van der Waals surface area contributed by atoms with Gasteiger partial charge in [0, 0.05) is 33.1 Å². The Hall–Kier alpha value is -3.90. The molecule has 210 valence electrons. The van der Waals surface area contributed by atoms with Crippen LogP contribution in [0.1, 0.15) is 70.6 Å². The predicted octanol–water partition coefficient (Wildman–Crippen LogP) is 6.47. The standard InChI is InChI=1S/C31H26Cl2N2O6/c32-22-10-8-21(9-11-22)28(31(14-15-31)18-40-26(38)13-12-25(36)37)41-30-27-23(2-1-3-24(27)33)29(39)35(30)17-20-6-4-19(16-34)5-7-20/h1-11,28,30H,12-15,17-18H2,(H,36,37). The van der Waals surface area contributed by atoms with Crippen LogP contribution in [0.5, 0.6) is 0 Å². The molecule has 1 N–H and O–H groups in total. The fourth-order valence-electron chi connectivity index (χ4n) is 5.06. The van der Waals surface area contributed by atoms with Gasteiger partial charge >= 0.3 is 11.9 Å². The van der Waals surface area contributed by atoms with Crippen LogP contribution in [0.3, 0.4) is 0 Å². The van der Waals surface area contributed by atoms with Gasteiger partial charge in [0.1, 0.15) is 0 Å². The highest BCUT2D eigenvalue weighted by Gasteiger charge is 2.54. The molecule has 8 nitrogen and oxygen atoms in total. The third-order valence-corrected chi connectivity index (χ3v) is 8.04. The molecule has 1 fully saturated rings. The first kappa shape index (κ1) is 28.6. The molecular formula is C31H26Cl2N2O6. The van der Waals surface area contributed by atoms with Gasteiger partial charge in [-0.1, -0.05) is 53.5 Å². The van der Waals surface area contributed by atoms with Crippen LogP contribution in [0.4, 0.5) is 0 Å². The van der Waals surface area contributed by atoms with Gasteiger partial charge in [0.2, 0.25) is 0 Å². The molecule has 1 saturated carbocycles. The second-order valence-electron chi connectivity index (χ2n) is 10.3. The minimum absolute atomic E-state index is 0.0322. The van der Waals surface area contributed by atoms with E-state index < -0.39 is 29.7 Å². The van der Waals surface area contributed by atoms with Gasteiger partial charge in [-0.25, -0.2) is 0 Å². The Morgan fingerprint density at radius 1 is 1.05 bits per heavy atom. The quantitative estimate of drug-likeness (QED) is 0.254. The number of esters is 1. The number of carboxylic acid groups (broad SMARTS) is 1. The first-order valence-corrected chi connectivity index (χ1v) is 13.8. The van der Waals surface area contributed by atoms with E-state index in [1.807, 2.05) is 12.1 Å². The van der Waals surface area contributed by atoms with Gasteiger partial charge in [-0.2, -0.15) is 5.26 Å². The maximum atomic E-state index is 13.7. The fraction of sp³-hybridized carbons (Fsp3) is 0.290. The van der Waals surface area contributed by atoms with Crippen LogP contribution in [0.25, 0.3) is 0 Å². The summed E-state index contributed by atoms with van der Waals surface area (Å²) in [7, 11) is 0. The minimum Gasteiger partial charge on any atom is -0.481 e. The Kier molecular flexibility index (Phi) is 8.32. The molecule has 5 rings (SSSR count). The van der Waals surface area contributed by atoms with Crippen LogP contribution in [0.2, 0.25) is 10.0 Å². The third kappa shape index (κ3) is 6.23. The van der Waals surface area contributed by atoms with E-state index in [-0.39, 0.29) is 31.9 Å². The number of nitriles is 1. The van der Waals surface area contributed by atoms with Crippen molar-refractivity contribution >= 4 is 41.0 Å². The molecule has 2 aliphatic rings. The highest BCUT2D eigenvalue weighted by atomic mass is 35.5. The normalized spacial score (nSPS) is 17.4. The lowest BCUT2D eigenvalue weighted by Gasteiger charge is -2.34. The van der Waals surface area contributed by atoms with Gasteiger partial charge in [0.25, 0.3) is 5.91 Å². The van der Waals surface area contributed by atoms with Crippen LogP contribution in [-0.2, 0) is 25.6 Å². The number of carboxylic acids is 1. The molecule has 0 spiro atoms. The molecule has 1 amide bonds. The van der Waals surface area contributed by atoms with Crippen LogP contribution >= 0.6 is 23.2 Å². The summed E-state index contributed by atoms with van der Waals surface area (Å²) in [6, 6.07) is 21.4. The summed E-state index contributed by atoms with van der Waals surface area (Å²) >= 11 is 12.8. The Bertz CT molecular complexity index is 1510. The van der Waals surface area contributed by atoms with Crippen molar-refractivity contribution in [2.75, 3.05) is 6.61 Å². The molecule has 0 radical (unpaired) electrons. The van der Waals surface area contributed by atoms with E-state index in [0.29, 0.717) is 39.6 Å². The van der Waals surface area contributed by atoms with Gasteiger partial charge in [-0.3, -0.25) is 14.4 Å². The smallest absolute Gasteiger partial charge is 0.306 e. The third-order valence-electron chi connectivity index (χ3n) is 7.46. The molecule has 0 saturated heterocycles. The Labute approximate surface area is 247 Å². The Morgan fingerprint density at radius 2 is 1.76 bits per heavy atom. The number of halogens is 2. The summed E-state index contributed by atoms with van der Waals surface area (Å²) in [4.78, 5) is 38.4. The second kappa shape index (κ2) is 11.9. The van der Waals surface area contributed by atoms with E-state index in [4.69, 9.17) is 43.0 Å². The zero-order chi connectivity index (χ0) is 29.1. The number of nitrogens with zero attached hydrogens (tertiary/aromatic N) is 2. The molecule has 0 bridgehead atoms. The van der Waals surface area contributed by atoms with Crippen LogP contribution in [0.15, 0.2) is 66.7 Å². The van der Waals surface area contributed by atoms with E-state index in [0.717, 1.165) is 11.1 Å². The fourth-order valence-corrected chi connectivity index (χ4v) is 5.45. The molecule has 10 heteroatoms. The van der Waals surface area contributed by atoms with Crippen LogP contribution < -0.4 is 0 Å². The zero-order valence-corrected chi connectivity index (χ0v) is 23.4. The molecule has 3 aromatic rings. The molecule has 0 aromatic heterocycles. The highest BCUT2D eigenvalue weighted by molar-refractivity contribution is 6.32. The summed E-state index contributed by atoms with van der Waals surface area (Å²) in [5, 5.41) is 19.0. The summed E-state index contributed by atoms with van der Waals surface area (Å²) in [6.07, 6.45) is -0.599. The lowest BCUT2D eigenvalue weighted by Crippen LogP contribution is -2.33. The summed E-state index contributed by atoms with van der Waals surface area (Å²) in [6.45, 7) is 0.245. The van der Waals surface area contributed by atoms with E-state index in [1.54, 1.807) is 59.5 Å². The Balaban J connectivity index is 1.48. The molecule has 3 aromatic carbocycles. The number of ether oxygens (including phenoxy) is 2. The number of aliphatic carboxylic acids is 1.